The van der Waals surface area contributed by atoms with Crippen LogP contribution in [0, 0.1) is 6.92 Å². The van der Waals surface area contributed by atoms with Crippen molar-refractivity contribution < 1.29 is 14.3 Å². The van der Waals surface area contributed by atoms with Crippen LogP contribution in [0.15, 0.2) is 60.0 Å². The van der Waals surface area contributed by atoms with Crippen molar-refractivity contribution in [2.24, 2.45) is 0 Å². The van der Waals surface area contributed by atoms with E-state index < -0.39 is 0 Å². The number of hydrogen-bond donors (Lipinski definition) is 0. The number of ether oxygens (including phenoxy) is 1. The topological polar surface area (TPSA) is 49.9 Å². The van der Waals surface area contributed by atoms with Crippen LogP contribution in [-0.2, 0) is 11.2 Å². The molecule has 1 unspecified atom stereocenters. The zero-order valence-corrected chi connectivity index (χ0v) is 22.1. The summed E-state index contributed by atoms with van der Waals surface area (Å²) in [5, 5.41) is 2.10. The monoisotopic (exact) mass is 502 g/mol. The molecule has 5 rings (SSSR count). The minimum absolute atomic E-state index is 0.00978. The van der Waals surface area contributed by atoms with Crippen molar-refractivity contribution in [3.63, 3.8) is 0 Å². The van der Waals surface area contributed by atoms with E-state index in [2.05, 4.69) is 37.4 Å². The van der Waals surface area contributed by atoms with Gasteiger partial charge < -0.3 is 14.5 Å². The van der Waals surface area contributed by atoms with E-state index in [9.17, 15) is 9.59 Å². The predicted molar refractivity (Wildman–Crippen MR) is 144 cm³/mol. The molecule has 0 bridgehead atoms. The van der Waals surface area contributed by atoms with Crippen molar-refractivity contribution in [3.05, 3.63) is 87.1 Å². The van der Waals surface area contributed by atoms with Crippen LogP contribution < -0.4 is 4.74 Å². The first-order chi connectivity index (χ1) is 17.4. The number of rotatable bonds is 8. The summed E-state index contributed by atoms with van der Waals surface area (Å²) in [6.07, 6.45) is 2.75. The van der Waals surface area contributed by atoms with Gasteiger partial charge in [-0.25, -0.2) is 0 Å². The van der Waals surface area contributed by atoms with Gasteiger partial charge in [0.1, 0.15) is 18.9 Å². The van der Waals surface area contributed by atoms with E-state index in [0.717, 1.165) is 30.6 Å². The van der Waals surface area contributed by atoms with Gasteiger partial charge in [-0.3, -0.25) is 9.59 Å². The summed E-state index contributed by atoms with van der Waals surface area (Å²) in [5.41, 5.74) is 4.06. The maximum Gasteiger partial charge on any atom is 0.254 e. The molecule has 1 saturated carbocycles. The summed E-state index contributed by atoms with van der Waals surface area (Å²) in [5.74, 6) is 1.22. The summed E-state index contributed by atoms with van der Waals surface area (Å²) >= 11 is 1.74. The molecule has 2 aromatic carbocycles. The standard InChI is InChI=1S/C30H34N2O3S/c1-20(2)22-8-12-24(13-9-22)35-19-27-26-15-17-36-28(26)14-16-31(27)29(33)18-32(23-10-11-23)30(34)25-7-5-4-6-21(25)3/h4-9,12-13,15,17,20,23,27H,10-11,14,16,18-19H2,1-3H3. The van der Waals surface area contributed by atoms with Crippen LogP contribution in [0.5, 0.6) is 5.75 Å². The molecule has 2 aliphatic rings. The molecule has 36 heavy (non-hydrogen) atoms. The normalized spacial score (nSPS) is 17.1. The molecular weight excluding hydrogens is 468 g/mol. The first-order valence-corrected chi connectivity index (χ1v) is 13.8. The minimum Gasteiger partial charge on any atom is -0.491 e. The van der Waals surface area contributed by atoms with Crippen LogP contribution in [0.2, 0.25) is 0 Å². The molecule has 0 saturated heterocycles. The molecule has 188 valence electrons. The first-order valence-electron chi connectivity index (χ1n) is 12.9. The molecule has 2 heterocycles. The predicted octanol–water partition coefficient (Wildman–Crippen LogP) is 5.99. The molecule has 1 aliphatic heterocycles. The van der Waals surface area contributed by atoms with E-state index in [1.54, 1.807) is 16.2 Å². The van der Waals surface area contributed by atoms with Gasteiger partial charge in [0, 0.05) is 23.0 Å². The first kappa shape index (κ1) is 24.6. The van der Waals surface area contributed by atoms with Gasteiger partial charge >= 0.3 is 0 Å². The number of thiophene rings is 1. The number of fused-ring (bicyclic) bond motifs is 1. The Labute approximate surface area is 217 Å². The second-order valence-electron chi connectivity index (χ2n) is 10.2. The Hall–Kier alpha value is -3.12. The van der Waals surface area contributed by atoms with Gasteiger partial charge in [0.25, 0.3) is 5.91 Å². The fourth-order valence-electron chi connectivity index (χ4n) is 4.96. The largest absolute Gasteiger partial charge is 0.491 e. The molecule has 0 spiro atoms. The Bertz CT molecular complexity index is 1230. The molecular formula is C30H34N2O3S. The van der Waals surface area contributed by atoms with Crippen LogP contribution in [0.25, 0.3) is 0 Å². The smallest absolute Gasteiger partial charge is 0.254 e. The highest BCUT2D eigenvalue weighted by Crippen LogP contribution is 2.35. The van der Waals surface area contributed by atoms with Gasteiger partial charge in [-0.2, -0.15) is 0 Å². The molecule has 6 heteroatoms. The van der Waals surface area contributed by atoms with Crippen LogP contribution >= 0.6 is 11.3 Å². The number of nitrogens with zero attached hydrogens (tertiary/aromatic N) is 2. The maximum atomic E-state index is 13.7. The van der Waals surface area contributed by atoms with Crippen molar-refractivity contribution >= 4 is 23.2 Å². The second kappa shape index (κ2) is 10.5. The molecule has 1 aliphatic carbocycles. The molecule has 0 N–H and O–H groups in total. The van der Waals surface area contributed by atoms with Crippen LogP contribution in [0.3, 0.4) is 0 Å². The SMILES string of the molecule is Cc1ccccc1C(=O)N(CC(=O)N1CCc2sccc2C1COc1ccc(C(C)C)cc1)C1CC1. The minimum atomic E-state index is -0.160. The van der Waals surface area contributed by atoms with E-state index in [4.69, 9.17) is 4.74 Å². The Balaban J connectivity index is 1.33. The van der Waals surface area contributed by atoms with Gasteiger partial charge in [0.2, 0.25) is 5.91 Å². The number of carbonyl (C=O) groups excluding carboxylic acids is 2. The van der Waals surface area contributed by atoms with E-state index >= 15 is 0 Å². The summed E-state index contributed by atoms with van der Waals surface area (Å²) in [6.45, 7) is 7.44. The average molecular weight is 503 g/mol. The number of carbonyl (C=O) groups is 2. The lowest BCUT2D eigenvalue weighted by Crippen LogP contribution is -2.48. The van der Waals surface area contributed by atoms with E-state index in [-0.39, 0.29) is 30.4 Å². The average Bonchev–Trinajstić information content (AvgIpc) is 3.61. The Morgan fingerprint density at radius 3 is 2.53 bits per heavy atom. The maximum absolute atomic E-state index is 13.7. The fraction of sp³-hybridized carbons (Fsp3) is 0.400. The third-order valence-electron chi connectivity index (χ3n) is 7.30. The van der Waals surface area contributed by atoms with Gasteiger partial charge in [0.15, 0.2) is 0 Å². The van der Waals surface area contributed by atoms with Crippen LogP contribution in [-0.4, -0.2) is 47.4 Å². The van der Waals surface area contributed by atoms with E-state index in [1.165, 1.54) is 16.0 Å². The van der Waals surface area contributed by atoms with Crippen LogP contribution in [0.4, 0.5) is 0 Å². The Morgan fingerprint density at radius 2 is 1.83 bits per heavy atom. The lowest BCUT2D eigenvalue weighted by atomic mass is 10.00. The molecule has 1 fully saturated rings. The number of hydrogen-bond acceptors (Lipinski definition) is 4. The lowest BCUT2D eigenvalue weighted by molar-refractivity contribution is -0.135. The number of benzene rings is 2. The molecule has 1 atom stereocenters. The number of amides is 2. The van der Waals surface area contributed by atoms with Crippen molar-refractivity contribution in [3.8, 4) is 5.75 Å². The van der Waals surface area contributed by atoms with Gasteiger partial charge in [-0.15, -0.1) is 11.3 Å². The second-order valence-corrected chi connectivity index (χ2v) is 11.2. The van der Waals surface area contributed by atoms with E-state index in [0.29, 0.717) is 24.6 Å². The quantitative estimate of drug-likeness (QED) is 0.380. The fourth-order valence-corrected chi connectivity index (χ4v) is 5.88. The molecule has 0 radical (unpaired) electrons. The van der Waals surface area contributed by atoms with Crippen molar-refractivity contribution in [2.45, 2.75) is 58.0 Å². The van der Waals surface area contributed by atoms with Gasteiger partial charge in [-0.1, -0.05) is 44.2 Å². The van der Waals surface area contributed by atoms with Crippen molar-refractivity contribution in [1.82, 2.24) is 9.80 Å². The zero-order valence-electron chi connectivity index (χ0n) is 21.3. The highest BCUT2D eigenvalue weighted by molar-refractivity contribution is 7.10. The lowest BCUT2D eigenvalue weighted by Gasteiger charge is -2.37. The molecule has 3 aromatic rings. The highest BCUT2D eigenvalue weighted by atomic mass is 32.1. The van der Waals surface area contributed by atoms with Crippen molar-refractivity contribution in [2.75, 3.05) is 19.7 Å². The molecule has 2 amide bonds. The van der Waals surface area contributed by atoms with E-state index in [1.807, 2.05) is 48.2 Å². The number of aryl methyl sites for hydroxylation is 1. The Morgan fingerprint density at radius 1 is 1.08 bits per heavy atom. The zero-order chi connectivity index (χ0) is 25.2. The summed E-state index contributed by atoms with van der Waals surface area (Å²) in [4.78, 5) is 32.2. The van der Waals surface area contributed by atoms with Gasteiger partial charge in [-0.05, 0) is 78.4 Å². The van der Waals surface area contributed by atoms with Gasteiger partial charge in [0.05, 0.1) is 6.04 Å². The highest BCUT2D eigenvalue weighted by Gasteiger charge is 2.38. The summed E-state index contributed by atoms with van der Waals surface area (Å²) in [7, 11) is 0. The van der Waals surface area contributed by atoms with Crippen molar-refractivity contribution in [1.29, 1.82) is 0 Å². The summed E-state index contributed by atoms with van der Waals surface area (Å²) in [6, 6.07) is 18.0. The molecule has 1 aromatic heterocycles. The van der Waals surface area contributed by atoms with Crippen LogP contribution in [0.1, 0.15) is 70.6 Å². The summed E-state index contributed by atoms with van der Waals surface area (Å²) < 4.78 is 6.21. The molecule has 5 nitrogen and oxygen atoms in total. The Kier molecular flexibility index (Phi) is 7.15. The third-order valence-corrected chi connectivity index (χ3v) is 8.30. The third kappa shape index (κ3) is 5.19.